The molecule has 2 rings (SSSR count). The Bertz CT molecular complexity index is 868. The maximum Gasteiger partial charge on any atom is 0.149 e. The molecule has 0 spiro atoms. The fraction of sp³-hybridized carbons (Fsp3) is 0.176. The highest BCUT2D eigenvalue weighted by Crippen LogP contribution is 2.22. The minimum atomic E-state index is -0.648. The molecule has 26 heavy (non-hydrogen) atoms. The minimum absolute atomic E-state index is 0.143. The van der Waals surface area contributed by atoms with Crippen LogP contribution in [0.5, 0.6) is 0 Å². The maximum absolute atomic E-state index is 13.7. The zero-order chi connectivity index (χ0) is 19.1. The van der Waals surface area contributed by atoms with Crippen LogP contribution in [0.2, 0.25) is 0 Å². The predicted molar refractivity (Wildman–Crippen MR) is 99.5 cm³/mol. The topological polar surface area (TPSA) is 129 Å². The van der Waals surface area contributed by atoms with Gasteiger partial charge in [-0.3, -0.25) is 10.4 Å². The second-order valence-corrected chi connectivity index (χ2v) is 5.34. The van der Waals surface area contributed by atoms with Gasteiger partial charge in [0, 0.05) is 17.7 Å². The summed E-state index contributed by atoms with van der Waals surface area (Å²) in [5.74, 6) is 4.14. The van der Waals surface area contributed by atoms with Crippen LogP contribution < -0.4 is 11.6 Å². The highest BCUT2D eigenvalue weighted by atomic mass is 19.1. The zero-order valence-electron chi connectivity index (χ0n) is 14.1. The van der Waals surface area contributed by atoms with Crippen LogP contribution in [-0.4, -0.2) is 29.1 Å². The number of benzene rings is 1. The molecule has 1 aromatic carbocycles. The Morgan fingerprint density at radius 3 is 2.73 bits per heavy atom. The highest BCUT2D eigenvalue weighted by Gasteiger charge is 2.18. The second kappa shape index (κ2) is 8.65. The van der Waals surface area contributed by atoms with E-state index in [-0.39, 0.29) is 17.4 Å². The van der Waals surface area contributed by atoms with Crippen molar-refractivity contribution in [3.05, 3.63) is 53.4 Å². The predicted octanol–water partition coefficient (Wildman–Crippen LogP) is 2.82. The van der Waals surface area contributed by atoms with Crippen molar-refractivity contribution in [3.63, 3.8) is 0 Å². The number of amidine groups is 1. The third-order valence-corrected chi connectivity index (χ3v) is 3.72. The lowest BCUT2D eigenvalue weighted by Crippen LogP contribution is -2.17. The third kappa shape index (κ3) is 4.38. The molecule has 1 atom stereocenters. The molecule has 0 fully saturated rings. The van der Waals surface area contributed by atoms with Gasteiger partial charge in [-0.1, -0.05) is 6.92 Å². The van der Waals surface area contributed by atoms with Gasteiger partial charge in [0.15, 0.2) is 0 Å². The number of H-pyrrole nitrogens is 1. The molecule has 0 saturated heterocycles. The number of aromatic nitrogens is 1. The van der Waals surface area contributed by atoms with E-state index in [9.17, 15) is 8.78 Å². The van der Waals surface area contributed by atoms with E-state index in [4.69, 9.17) is 17.0 Å². The molecule has 6 N–H and O–H groups in total. The number of nitrogens with two attached hydrogens (primary N) is 2. The van der Waals surface area contributed by atoms with Crippen molar-refractivity contribution >= 4 is 29.8 Å². The van der Waals surface area contributed by atoms with Crippen LogP contribution in [0.4, 0.5) is 14.5 Å². The van der Waals surface area contributed by atoms with Crippen LogP contribution in [0.15, 0.2) is 45.4 Å². The van der Waals surface area contributed by atoms with Gasteiger partial charge >= 0.3 is 0 Å². The zero-order valence-corrected chi connectivity index (χ0v) is 14.1. The summed E-state index contributed by atoms with van der Waals surface area (Å²) in [5, 5.41) is 10.7. The molecule has 1 aromatic heterocycles. The van der Waals surface area contributed by atoms with Gasteiger partial charge in [0.2, 0.25) is 0 Å². The summed E-state index contributed by atoms with van der Waals surface area (Å²) >= 11 is 0. The molecule has 2 aromatic rings. The number of hydrazone groups is 1. The summed E-state index contributed by atoms with van der Waals surface area (Å²) in [7, 11) is 0. The summed E-state index contributed by atoms with van der Waals surface area (Å²) in [6, 6.07) is 6.51. The van der Waals surface area contributed by atoms with Gasteiger partial charge in [0.05, 0.1) is 17.6 Å². The molecule has 9 heteroatoms. The van der Waals surface area contributed by atoms with Gasteiger partial charge in [0.25, 0.3) is 0 Å². The van der Waals surface area contributed by atoms with E-state index in [1.807, 2.05) is 6.92 Å². The fourth-order valence-electron chi connectivity index (χ4n) is 2.43. The Balaban J connectivity index is 2.29. The summed E-state index contributed by atoms with van der Waals surface area (Å²) in [6.07, 6.45) is 2.77. The Kier molecular flexibility index (Phi) is 6.31. The molecule has 0 radical (unpaired) electrons. The summed E-state index contributed by atoms with van der Waals surface area (Å²) in [5.41, 5.74) is 7.28. The van der Waals surface area contributed by atoms with E-state index in [1.165, 1.54) is 6.21 Å². The van der Waals surface area contributed by atoms with Gasteiger partial charge in [-0.15, -0.1) is 0 Å². The van der Waals surface area contributed by atoms with Crippen molar-refractivity contribution in [1.29, 1.82) is 5.41 Å². The molecule has 0 aliphatic carbocycles. The number of rotatable bonds is 7. The van der Waals surface area contributed by atoms with Crippen LogP contribution in [0.1, 0.15) is 30.7 Å². The summed E-state index contributed by atoms with van der Waals surface area (Å²) in [4.78, 5) is 10.8. The monoisotopic (exact) mass is 359 g/mol. The summed E-state index contributed by atoms with van der Waals surface area (Å²) in [6.45, 7) is 1.92. The number of aromatic amines is 1. The van der Waals surface area contributed by atoms with Crippen molar-refractivity contribution in [3.8, 4) is 0 Å². The van der Waals surface area contributed by atoms with Crippen molar-refractivity contribution < 1.29 is 8.78 Å². The molecular weight excluding hydrogens is 340 g/mol. The van der Waals surface area contributed by atoms with Gasteiger partial charge in [-0.05, 0) is 30.7 Å². The van der Waals surface area contributed by atoms with Gasteiger partial charge in [-0.25, -0.2) is 13.8 Å². The van der Waals surface area contributed by atoms with E-state index >= 15 is 0 Å². The molecule has 0 saturated carbocycles. The standard InChI is InChI=1S/C17H19F2N7/c1-2-11(13-5-6-14(25-13)17(21)24-9-20)16(26-22)8-23-15-7-10(18)3-4-12(15)19/h3-9,11,25H,2,22H2,1H3,(H3,20,21,24). The van der Waals surface area contributed by atoms with E-state index in [0.717, 1.165) is 30.2 Å². The van der Waals surface area contributed by atoms with Crippen LogP contribution in [-0.2, 0) is 0 Å². The third-order valence-electron chi connectivity index (χ3n) is 3.72. The summed E-state index contributed by atoms with van der Waals surface area (Å²) < 4.78 is 26.9. The molecule has 136 valence electrons. The Morgan fingerprint density at radius 2 is 2.08 bits per heavy atom. The normalized spacial score (nSPS) is 14.0. The SMILES string of the molecule is CCC(C(C=Nc1cc(F)ccc1F)=NN)c1ccc(C(N)=NC=N)[nH]1. The first kappa shape index (κ1) is 19.0. The van der Waals surface area contributed by atoms with E-state index in [2.05, 4.69) is 20.1 Å². The number of halogens is 2. The molecule has 0 amide bonds. The first-order valence-corrected chi connectivity index (χ1v) is 7.78. The van der Waals surface area contributed by atoms with E-state index in [0.29, 0.717) is 17.8 Å². The Morgan fingerprint density at radius 1 is 1.31 bits per heavy atom. The Labute approximate surface area is 149 Å². The fourth-order valence-corrected chi connectivity index (χ4v) is 2.43. The molecular formula is C17H19F2N7. The van der Waals surface area contributed by atoms with Crippen LogP contribution in [0.25, 0.3) is 0 Å². The molecule has 0 aliphatic heterocycles. The van der Waals surface area contributed by atoms with Crippen LogP contribution in [0, 0.1) is 17.0 Å². The molecule has 1 heterocycles. The number of aliphatic imine (C=N–C) groups is 2. The first-order chi connectivity index (χ1) is 12.5. The second-order valence-electron chi connectivity index (χ2n) is 5.34. The number of hydrogen-bond donors (Lipinski definition) is 4. The lowest BCUT2D eigenvalue weighted by Gasteiger charge is -2.12. The number of nitrogens with zero attached hydrogens (tertiary/aromatic N) is 3. The average molecular weight is 359 g/mol. The van der Waals surface area contributed by atoms with Gasteiger partial charge < -0.3 is 16.6 Å². The van der Waals surface area contributed by atoms with Crippen molar-refractivity contribution in [1.82, 2.24) is 4.98 Å². The minimum Gasteiger partial charge on any atom is -0.382 e. The number of hydrogen-bond acceptors (Lipinski definition) is 4. The Hall–Kier alpha value is -3.36. The van der Waals surface area contributed by atoms with Crippen molar-refractivity contribution in [2.24, 2.45) is 26.7 Å². The molecule has 1 unspecified atom stereocenters. The molecule has 7 nitrogen and oxygen atoms in total. The van der Waals surface area contributed by atoms with Crippen LogP contribution in [0.3, 0.4) is 0 Å². The van der Waals surface area contributed by atoms with E-state index < -0.39 is 11.6 Å². The number of nitrogens with one attached hydrogen (secondary N) is 2. The van der Waals surface area contributed by atoms with Gasteiger partial charge in [-0.2, -0.15) is 5.10 Å². The van der Waals surface area contributed by atoms with E-state index in [1.54, 1.807) is 12.1 Å². The lowest BCUT2D eigenvalue weighted by atomic mass is 9.97. The van der Waals surface area contributed by atoms with Gasteiger partial charge in [0.1, 0.15) is 29.5 Å². The van der Waals surface area contributed by atoms with Crippen LogP contribution >= 0.6 is 0 Å². The van der Waals surface area contributed by atoms with Crippen molar-refractivity contribution in [2.75, 3.05) is 0 Å². The first-order valence-electron chi connectivity index (χ1n) is 7.78. The largest absolute Gasteiger partial charge is 0.382 e. The molecule has 0 aliphatic rings. The smallest absolute Gasteiger partial charge is 0.149 e. The van der Waals surface area contributed by atoms with Crippen molar-refractivity contribution in [2.45, 2.75) is 19.3 Å². The lowest BCUT2D eigenvalue weighted by molar-refractivity contribution is 0.602. The highest BCUT2D eigenvalue weighted by molar-refractivity contribution is 6.33. The molecule has 0 bridgehead atoms. The average Bonchev–Trinajstić information content (AvgIpc) is 3.11. The quantitative estimate of drug-likeness (QED) is 0.262. The maximum atomic E-state index is 13.7.